The maximum absolute atomic E-state index is 11.9. The van der Waals surface area contributed by atoms with Gasteiger partial charge in [0.2, 0.25) is 0 Å². The lowest BCUT2D eigenvalue weighted by atomic mass is 10.1. The fraction of sp³-hybridized carbons (Fsp3) is 0.562. The summed E-state index contributed by atoms with van der Waals surface area (Å²) in [6.07, 6.45) is 1.72. The van der Waals surface area contributed by atoms with Gasteiger partial charge in [-0.2, -0.15) is 0 Å². The zero-order chi connectivity index (χ0) is 15.1. The van der Waals surface area contributed by atoms with Crippen LogP contribution in [0.3, 0.4) is 0 Å². The number of para-hydroxylation sites is 1. The highest BCUT2D eigenvalue weighted by atomic mass is 16.5. The van der Waals surface area contributed by atoms with Gasteiger partial charge in [0, 0.05) is 24.8 Å². The quantitative estimate of drug-likeness (QED) is 0.839. The third-order valence-corrected chi connectivity index (χ3v) is 3.61. The number of hydrogen-bond acceptors (Lipinski definition) is 4. The Morgan fingerprint density at radius 3 is 2.86 bits per heavy atom. The lowest BCUT2D eigenvalue weighted by Gasteiger charge is -2.23. The van der Waals surface area contributed by atoms with E-state index in [1.54, 1.807) is 6.07 Å². The highest BCUT2D eigenvalue weighted by Crippen LogP contribution is 2.26. The average molecular weight is 293 g/mol. The minimum atomic E-state index is -0.570. The van der Waals surface area contributed by atoms with Crippen molar-refractivity contribution in [2.45, 2.75) is 38.3 Å². The van der Waals surface area contributed by atoms with Crippen molar-refractivity contribution in [3.8, 4) is 5.75 Å². The molecule has 1 fully saturated rings. The molecule has 0 aliphatic carbocycles. The highest BCUT2D eigenvalue weighted by Gasteiger charge is 2.17. The van der Waals surface area contributed by atoms with Crippen LogP contribution in [0.15, 0.2) is 24.3 Å². The Morgan fingerprint density at radius 1 is 1.43 bits per heavy atom. The summed E-state index contributed by atoms with van der Waals surface area (Å²) in [6.45, 7) is 3.25. The van der Waals surface area contributed by atoms with Crippen molar-refractivity contribution < 1.29 is 19.4 Å². The van der Waals surface area contributed by atoms with E-state index in [0.29, 0.717) is 25.4 Å². The van der Waals surface area contributed by atoms with Crippen LogP contribution in [-0.4, -0.2) is 36.9 Å². The third-order valence-electron chi connectivity index (χ3n) is 3.61. The predicted octanol–water partition coefficient (Wildman–Crippen LogP) is 1.80. The number of carbonyl (C=O) groups is 1. The van der Waals surface area contributed by atoms with E-state index in [2.05, 4.69) is 5.32 Å². The Labute approximate surface area is 125 Å². The normalized spacial score (nSPS) is 17.2. The first kappa shape index (κ1) is 15.8. The van der Waals surface area contributed by atoms with Crippen LogP contribution in [0.2, 0.25) is 0 Å². The highest BCUT2D eigenvalue weighted by molar-refractivity contribution is 5.77. The topological polar surface area (TPSA) is 67.8 Å². The van der Waals surface area contributed by atoms with Crippen molar-refractivity contribution in [2.24, 2.45) is 0 Å². The number of carbonyl (C=O) groups excluding carboxylic acids is 1. The molecule has 5 nitrogen and oxygen atoms in total. The fourth-order valence-corrected chi connectivity index (χ4v) is 2.36. The summed E-state index contributed by atoms with van der Waals surface area (Å²) in [5.74, 6) is 0.427. The molecule has 0 radical (unpaired) electrons. The number of rotatable bonds is 6. The molecule has 116 valence electrons. The molecular formula is C16H23NO4. The number of ether oxygens (including phenoxy) is 2. The Morgan fingerprint density at radius 2 is 2.14 bits per heavy atom. The van der Waals surface area contributed by atoms with Crippen LogP contribution >= 0.6 is 0 Å². The molecule has 1 aliphatic heterocycles. The van der Waals surface area contributed by atoms with Crippen molar-refractivity contribution in [1.82, 2.24) is 5.32 Å². The molecule has 0 aromatic heterocycles. The van der Waals surface area contributed by atoms with Crippen LogP contribution in [0, 0.1) is 0 Å². The Kier molecular flexibility index (Phi) is 6.02. The fourth-order valence-electron chi connectivity index (χ4n) is 2.36. The molecule has 1 aromatic carbocycles. The van der Waals surface area contributed by atoms with Crippen molar-refractivity contribution >= 4 is 5.91 Å². The van der Waals surface area contributed by atoms with E-state index >= 15 is 0 Å². The summed E-state index contributed by atoms with van der Waals surface area (Å²) in [7, 11) is 0. The second-order valence-corrected chi connectivity index (χ2v) is 5.20. The summed E-state index contributed by atoms with van der Waals surface area (Å²) in [6, 6.07) is 7.45. The number of hydrogen-bond donors (Lipinski definition) is 2. The van der Waals surface area contributed by atoms with Crippen molar-refractivity contribution in [2.75, 3.05) is 19.8 Å². The molecule has 1 unspecified atom stereocenters. The lowest BCUT2D eigenvalue weighted by Crippen LogP contribution is -2.41. The molecular weight excluding hydrogens is 270 g/mol. The zero-order valence-corrected chi connectivity index (χ0v) is 12.4. The van der Waals surface area contributed by atoms with Gasteiger partial charge >= 0.3 is 0 Å². The molecule has 1 atom stereocenters. The number of aliphatic hydroxyl groups is 1. The molecule has 1 amide bonds. The number of nitrogens with one attached hydrogen (secondary N) is 1. The third kappa shape index (κ3) is 4.72. The van der Waals surface area contributed by atoms with Crippen molar-refractivity contribution in [3.63, 3.8) is 0 Å². The Balaban J connectivity index is 1.86. The van der Waals surface area contributed by atoms with Gasteiger partial charge in [-0.05, 0) is 25.3 Å². The Hall–Kier alpha value is -1.59. The molecule has 2 rings (SSSR count). The van der Waals surface area contributed by atoms with Gasteiger partial charge in [0.05, 0.1) is 6.10 Å². The minimum Gasteiger partial charge on any atom is -0.483 e. The average Bonchev–Trinajstić information content (AvgIpc) is 2.53. The maximum Gasteiger partial charge on any atom is 0.258 e. The van der Waals surface area contributed by atoms with Gasteiger partial charge in [-0.1, -0.05) is 25.1 Å². The second-order valence-electron chi connectivity index (χ2n) is 5.20. The molecule has 0 bridgehead atoms. The summed E-state index contributed by atoms with van der Waals surface area (Å²) in [5, 5.41) is 12.9. The molecule has 1 aliphatic rings. The van der Waals surface area contributed by atoms with Gasteiger partial charge in [-0.3, -0.25) is 4.79 Å². The van der Waals surface area contributed by atoms with E-state index < -0.39 is 6.10 Å². The van der Waals surface area contributed by atoms with Crippen LogP contribution in [0.5, 0.6) is 5.75 Å². The monoisotopic (exact) mass is 293 g/mol. The summed E-state index contributed by atoms with van der Waals surface area (Å²) in [4.78, 5) is 11.9. The maximum atomic E-state index is 11.9. The van der Waals surface area contributed by atoms with E-state index in [1.165, 1.54) is 0 Å². The van der Waals surface area contributed by atoms with Crippen LogP contribution in [0.1, 0.15) is 37.9 Å². The van der Waals surface area contributed by atoms with Gasteiger partial charge in [0.25, 0.3) is 5.91 Å². The molecule has 1 aromatic rings. The van der Waals surface area contributed by atoms with Crippen molar-refractivity contribution in [1.29, 1.82) is 0 Å². The summed E-state index contributed by atoms with van der Waals surface area (Å²) < 4.78 is 10.8. The van der Waals surface area contributed by atoms with Gasteiger partial charge in [-0.25, -0.2) is 0 Å². The van der Waals surface area contributed by atoms with E-state index in [-0.39, 0.29) is 18.6 Å². The smallest absolute Gasteiger partial charge is 0.258 e. The number of benzene rings is 1. The standard InChI is InChI=1S/C16H23NO4/c1-2-14(18)13-5-3-4-6-15(13)21-11-16(19)17-12-7-9-20-10-8-12/h3-6,12,14,18H,2,7-11H2,1H3,(H,17,19). The van der Waals surface area contributed by atoms with E-state index in [9.17, 15) is 9.90 Å². The SMILES string of the molecule is CCC(O)c1ccccc1OCC(=O)NC1CCOCC1. The Bertz CT molecular complexity index is 457. The van der Waals surface area contributed by atoms with Gasteiger partial charge in [0.15, 0.2) is 6.61 Å². The number of aliphatic hydroxyl groups excluding tert-OH is 1. The summed E-state index contributed by atoms with van der Waals surface area (Å²) >= 11 is 0. The molecule has 5 heteroatoms. The lowest BCUT2D eigenvalue weighted by molar-refractivity contribution is -0.124. The first-order valence-electron chi connectivity index (χ1n) is 7.47. The van der Waals surface area contributed by atoms with Crippen LogP contribution in [0.4, 0.5) is 0 Å². The van der Waals surface area contributed by atoms with E-state index in [4.69, 9.17) is 9.47 Å². The number of amides is 1. The minimum absolute atomic E-state index is 0.0369. The van der Waals surface area contributed by atoms with Crippen LogP contribution < -0.4 is 10.1 Å². The van der Waals surface area contributed by atoms with Crippen LogP contribution in [0.25, 0.3) is 0 Å². The molecule has 0 spiro atoms. The van der Waals surface area contributed by atoms with Crippen LogP contribution in [-0.2, 0) is 9.53 Å². The first-order chi connectivity index (χ1) is 10.2. The molecule has 21 heavy (non-hydrogen) atoms. The zero-order valence-electron chi connectivity index (χ0n) is 12.4. The first-order valence-corrected chi connectivity index (χ1v) is 7.47. The largest absolute Gasteiger partial charge is 0.483 e. The van der Waals surface area contributed by atoms with Crippen molar-refractivity contribution in [3.05, 3.63) is 29.8 Å². The molecule has 2 N–H and O–H groups in total. The van der Waals surface area contributed by atoms with Gasteiger partial charge in [0.1, 0.15) is 5.75 Å². The molecule has 0 saturated carbocycles. The van der Waals surface area contributed by atoms with Gasteiger partial charge in [-0.15, -0.1) is 0 Å². The second kappa shape index (κ2) is 8.00. The van der Waals surface area contributed by atoms with E-state index in [0.717, 1.165) is 18.4 Å². The van der Waals surface area contributed by atoms with E-state index in [1.807, 2.05) is 25.1 Å². The summed E-state index contributed by atoms with van der Waals surface area (Å²) in [5.41, 5.74) is 0.721. The molecule has 1 saturated heterocycles. The predicted molar refractivity (Wildman–Crippen MR) is 79.2 cm³/mol. The molecule has 1 heterocycles. The van der Waals surface area contributed by atoms with Gasteiger partial charge < -0.3 is 19.9 Å².